The van der Waals surface area contributed by atoms with E-state index in [1.165, 1.54) is 0 Å². The molecule has 0 amide bonds. The van der Waals surface area contributed by atoms with Crippen LogP contribution in [0.25, 0.3) is 0 Å². The molecule has 1 N–H and O–H groups in total. The van der Waals surface area contributed by atoms with E-state index in [1.54, 1.807) is 0 Å². The van der Waals surface area contributed by atoms with Gasteiger partial charge in [-0.05, 0) is 13.8 Å². The first-order valence-electron chi connectivity index (χ1n) is 4.80. The summed E-state index contributed by atoms with van der Waals surface area (Å²) in [4.78, 5) is 10.8. The van der Waals surface area contributed by atoms with Crippen molar-refractivity contribution in [3.8, 4) is 0 Å². The molecule has 0 aromatic heterocycles. The van der Waals surface area contributed by atoms with Crippen molar-refractivity contribution in [2.45, 2.75) is 38.8 Å². The lowest BCUT2D eigenvalue weighted by Gasteiger charge is -2.13. The van der Waals surface area contributed by atoms with Crippen molar-refractivity contribution in [3.63, 3.8) is 0 Å². The summed E-state index contributed by atoms with van der Waals surface area (Å²) in [6.07, 6.45) is -1.25. The number of carboxylic acids is 1. The average molecular weight is 204 g/mol. The molecule has 0 radical (unpaired) electrons. The van der Waals surface area contributed by atoms with Gasteiger partial charge in [0.15, 0.2) is 12.4 Å². The summed E-state index contributed by atoms with van der Waals surface area (Å²) >= 11 is 0. The molecule has 5 heteroatoms. The second kappa shape index (κ2) is 5.29. The van der Waals surface area contributed by atoms with Gasteiger partial charge in [0.2, 0.25) is 0 Å². The minimum absolute atomic E-state index is 0.394. The lowest BCUT2D eigenvalue weighted by molar-refractivity contribution is -0.171. The molecule has 82 valence electrons. The van der Waals surface area contributed by atoms with Gasteiger partial charge in [0.25, 0.3) is 0 Å². The quantitative estimate of drug-likeness (QED) is 0.711. The first-order valence-corrected chi connectivity index (χ1v) is 4.80. The van der Waals surface area contributed by atoms with Crippen LogP contribution in [-0.2, 0) is 19.0 Å². The minimum Gasteiger partial charge on any atom is -0.479 e. The highest BCUT2D eigenvalue weighted by Gasteiger charge is 2.40. The Morgan fingerprint density at radius 1 is 1.43 bits per heavy atom. The summed E-state index contributed by atoms with van der Waals surface area (Å²) in [5.41, 5.74) is 0. The maximum Gasteiger partial charge on any atom is 0.335 e. The highest BCUT2D eigenvalue weighted by atomic mass is 16.7. The zero-order valence-electron chi connectivity index (χ0n) is 8.43. The molecule has 1 rings (SSSR count). The fourth-order valence-corrected chi connectivity index (χ4v) is 1.50. The van der Waals surface area contributed by atoms with Gasteiger partial charge >= 0.3 is 5.97 Å². The molecule has 0 aliphatic carbocycles. The topological polar surface area (TPSA) is 65.0 Å². The molecule has 0 aromatic rings. The Bertz CT molecular complexity index is 194. The number of carboxylic acid groups (broad SMARTS) is 1. The van der Waals surface area contributed by atoms with Crippen LogP contribution in [0.15, 0.2) is 0 Å². The third-order valence-corrected chi connectivity index (χ3v) is 2.04. The Morgan fingerprint density at radius 2 is 2.07 bits per heavy atom. The van der Waals surface area contributed by atoms with Gasteiger partial charge in [-0.25, -0.2) is 4.79 Å². The minimum atomic E-state index is -0.995. The molecule has 3 unspecified atom stereocenters. The van der Waals surface area contributed by atoms with Gasteiger partial charge in [-0.1, -0.05) is 0 Å². The number of hydrogen-bond donors (Lipinski definition) is 1. The second-order valence-electron chi connectivity index (χ2n) is 3.01. The van der Waals surface area contributed by atoms with Crippen molar-refractivity contribution in [2.75, 3.05) is 13.2 Å². The lowest BCUT2D eigenvalue weighted by atomic mass is 10.2. The van der Waals surface area contributed by atoms with E-state index in [0.29, 0.717) is 19.6 Å². The Labute approximate surface area is 82.9 Å². The molecule has 5 nitrogen and oxygen atoms in total. The molecule has 1 aliphatic heterocycles. The summed E-state index contributed by atoms with van der Waals surface area (Å²) in [6, 6.07) is 0. The summed E-state index contributed by atoms with van der Waals surface area (Å²) in [7, 11) is 0. The number of hydrogen-bond acceptors (Lipinski definition) is 4. The van der Waals surface area contributed by atoms with Crippen LogP contribution in [0.5, 0.6) is 0 Å². The lowest BCUT2D eigenvalue weighted by Crippen LogP contribution is -2.32. The van der Waals surface area contributed by atoms with E-state index in [2.05, 4.69) is 0 Å². The maximum atomic E-state index is 10.8. The summed E-state index contributed by atoms with van der Waals surface area (Å²) < 4.78 is 15.6. The standard InChI is InChI=1S/C9H16O5/c1-3-12-6-5-7(13-4-2)14-8(6)9(10)11/h6-8H,3-5H2,1-2H3,(H,10,11). The van der Waals surface area contributed by atoms with Crippen LogP contribution in [0, 0.1) is 0 Å². The Morgan fingerprint density at radius 3 is 2.57 bits per heavy atom. The van der Waals surface area contributed by atoms with Crippen LogP contribution in [0.2, 0.25) is 0 Å². The van der Waals surface area contributed by atoms with Crippen LogP contribution in [0.1, 0.15) is 20.3 Å². The molecule has 0 spiro atoms. The number of rotatable bonds is 5. The highest BCUT2D eigenvalue weighted by Crippen LogP contribution is 2.24. The summed E-state index contributed by atoms with van der Waals surface area (Å²) in [5.74, 6) is -0.995. The van der Waals surface area contributed by atoms with Crippen LogP contribution in [0.3, 0.4) is 0 Å². The molecule has 1 aliphatic rings. The third kappa shape index (κ3) is 2.67. The van der Waals surface area contributed by atoms with Gasteiger partial charge in [-0.3, -0.25) is 0 Å². The first-order chi connectivity index (χ1) is 6.69. The summed E-state index contributed by atoms with van der Waals surface area (Å²) in [5, 5.41) is 8.84. The number of aliphatic carboxylic acids is 1. The Balaban J connectivity index is 2.51. The Hall–Kier alpha value is -0.650. The molecule has 1 heterocycles. The normalized spacial score (nSPS) is 32.0. The van der Waals surface area contributed by atoms with Crippen LogP contribution in [0.4, 0.5) is 0 Å². The number of carbonyl (C=O) groups is 1. The summed E-state index contributed by atoms with van der Waals surface area (Å²) in [6.45, 7) is 4.66. The average Bonchev–Trinajstić information content (AvgIpc) is 2.49. The smallest absolute Gasteiger partial charge is 0.335 e. The fraction of sp³-hybridized carbons (Fsp3) is 0.889. The van der Waals surface area contributed by atoms with Gasteiger partial charge in [0.05, 0.1) is 6.10 Å². The van der Waals surface area contributed by atoms with E-state index in [9.17, 15) is 4.79 Å². The fourth-order valence-electron chi connectivity index (χ4n) is 1.50. The van der Waals surface area contributed by atoms with E-state index >= 15 is 0 Å². The van der Waals surface area contributed by atoms with E-state index in [1.807, 2.05) is 13.8 Å². The zero-order chi connectivity index (χ0) is 10.6. The molecule has 0 bridgehead atoms. The largest absolute Gasteiger partial charge is 0.479 e. The predicted molar refractivity (Wildman–Crippen MR) is 48.0 cm³/mol. The van der Waals surface area contributed by atoms with Gasteiger partial charge in [-0.2, -0.15) is 0 Å². The van der Waals surface area contributed by atoms with E-state index in [0.717, 1.165) is 0 Å². The van der Waals surface area contributed by atoms with Gasteiger partial charge in [0.1, 0.15) is 0 Å². The van der Waals surface area contributed by atoms with Crippen molar-refractivity contribution in [1.82, 2.24) is 0 Å². The molecule has 0 aromatic carbocycles. The highest BCUT2D eigenvalue weighted by molar-refractivity contribution is 5.73. The van der Waals surface area contributed by atoms with Gasteiger partial charge in [0, 0.05) is 19.6 Å². The van der Waals surface area contributed by atoms with Gasteiger partial charge < -0.3 is 19.3 Å². The predicted octanol–water partition coefficient (Wildman–Crippen LogP) is 0.628. The second-order valence-corrected chi connectivity index (χ2v) is 3.01. The van der Waals surface area contributed by atoms with E-state index < -0.39 is 24.5 Å². The molecule has 0 saturated carbocycles. The molecule has 1 saturated heterocycles. The molecule has 14 heavy (non-hydrogen) atoms. The van der Waals surface area contributed by atoms with E-state index in [-0.39, 0.29) is 0 Å². The van der Waals surface area contributed by atoms with Crippen LogP contribution in [-0.4, -0.2) is 42.8 Å². The monoisotopic (exact) mass is 204 g/mol. The molecular formula is C9H16O5. The molecular weight excluding hydrogens is 188 g/mol. The van der Waals surface area contributed by atoms with E-state index in [4.69, 9.17) is 19.3 Å². The van der Waals surface area contributed by atoms with Gasteiger partial charge in [-0.15, -0.1) is 0 Å². The van der Waals surface area contributed by atoms with Crippen molar-refractivity contribution in [3.05, 3.63) is 0 Å². The Kier molecular flexibility index (Phi) is 4.31. The zero-order valence-corrected chi connectivity index (χ0v) is 8.43. The van der Waals surface area contributed by atoms with Crippen molar-refractivity contribution < 1.29 is 24.1 Å². The van der Waals surface area contributed by atoms with Crippen molar-refractivity contribution in [2.24, 2.45) is 0 Å². The van der Waals surface area contributed by atoms with Crippen LogP contribution < -0.4 is 0 Å². The SMILES string of the molecule is CCOC1CC(OCC)C(C(=O)O)O1. The maximum absolute atomic E-state index is 10.8. The number of ether oxygens (including phenoxy) is 3. The van der Waals surface area contributed by atoms with Crippen molar-refractivity contribution in [1.29, 1.82) is 0 Å². The third-order valence-electron chi connectivity index (χ3n) is 2.04. The van der Waals surface area contributed by atoms with Crippen molar-refractivity contribution >= 4 is 5.97 Å². The molecule has 3 atom stereocenters. The first kappa shape index (κ1) is 11.4. The van der Waals surface area contributed by atoms with Crippen LogP contribution >= 0.6 is 0 Å². The molecule has 1 fully saturated rings.